The first-order valence-electron chi connectivity index (χ1n) is 5.49. The Hall–Kier alpha value is -2.22. The third-order valence-electron chi connectivity index (χ3n) is 2.65. The Labute approximate surface area is 109 Å². The molecule has 0 aliphatic rings. The van der Waals surface area contributed by atoms with E-state index in [0.29, 0.717) is 6.54 Å². The number of nitro benzene ring substituents is 2. The first-order chi connectivity index (χ1) is 8.76. The van der Waals surface area contributed by atoms with Gasteiger partial charge in [0.15, 0.2) is 0 Å². The maximum atomic E-state index is 10.9. The Balaban J connectivity index is 3.01. The lowest BCUT2D eigenvalue weighted by Crippen LogP contribution is -2.32. The van der Waals surface area contributed by atoms with E-state index in [1.165, 1.54) is 19.2 Å². The molecule has 0 saturated carbocycles. The summed E-state index contributed by atoms with van der Waals surface area (Å²) in [6.07, 6.45) is 0. The zero-order chi connectivity index (χ0) is 14.6. The minimum Gasteiger partial charge on any atom is -0.377 e. The highest BCUT2D eigenvalue weighted by molar-refractivity contribution is 5.65. The molecule has 0 saturated heterocycles. The molecule has 0 aliphatic heterocycles. The van der Waals surface area contributed by atoms with E-state index in [4.69, 9.17) is 4.74 Å². The SMILES string of the molecule is COC(C)(C)CNc1ccc([N+](=O)[O-])cc1[N+](=O)[O-]. The van der Waals surface area contributed by atoms with Gasteiger partial charge in [0, 0.05) is 19.7 Å². The molecular weight excluding hydrogens is 254 g/mol. The highest BCUT2D eigenvalue weighted by Crippen LogP contribution is 2.29. The molecule has 0 aliphatic carbocycles. The van der Waals surface area contributed by atoms with Gasteiger partial charge < -0.3 is 10.1 Å². The van der Waals surface area contributed by atoms with Crippen LogP contribution in [0.2, 0.25) is 0 Å². The molecule has 1 aromatic rings. The predicted molar refractivity (Wildman–Crippen MR) is 69.3 cm³/mol. The molecule has 0 atom stereocenters. The van der Waals surface area contributed by atoms with Crippen molar-refractivity contribution in [3.63, 3.8) is 0 Å². The molecular formula is C11H15N3O5. The van der Waals surface area contributed by atoms with Crippen molar-refractivity contribution >= 4 is 17.1 Å². The first-order valence-corrected chi connectivity index (χ1v) is 5.49. The van der Waals surface area contributed by atoms with Crippen molar-refractivity contribution in [2.75, 3.05) is 19.0 Å². The second kappa shape index (κ2) is 5.61. The molecule has 1 rings (SSSR count). The molecule has 0 spiro atoms. The monoisotopic (exact) mass is 269 g/mol. The molecule has 104 valence electrons. The molecule has 0 aromatic heterocycles. The Morgan fingerprint density at radius 1 is 1.26 bits per heavy atom. The number of hydrogen-bond acceptors (Lipinski definition) is 6. The van der Waals surface area contributed by atoms with Crippen LogP contribution in [0.3, 0.4) is 0 Å². The number of nitro groups is 2. The average molecular weight is 269 g/mol. The predicted octanol–water partition coefficient (Wildman–Crippen LogP) is 2.34. The number of rotatable bonds is 6. The number of hydrogen-bond donors (Lipinski definition) is 1. The molecule has 8 nitrogen and oxygen atoms in total. The summed E-state index contributed by atoms with van der Waals surface area (Å²) in [5.74, 6) is 0. The van der Waals surface area contributed by atoms with E-state index in [0.717, 1.165) is 6.07 Å². The number of methoxy groups -OCH3 is 1. The molecule has 0 heterocycles. The summed E-state index contributed by atoms with van der Waals surface area (Å²) in [6, 6.07) is 3.47. The highest BCUT2D eigenvalue weighted by atomic mass is 16.6. The van der Waals surface area contributed by atoms with Crippen molar-refractivity contribution in [1.82, 2.24) is 0 Å². The van der Waals surface area contributed by atoms with Gasteiger partial charge in [0.2, 0.25) is 0 Å². The van der Waals surface area contributed by atoms with E-state index >= 15 is 0 Å². The minimum atomic E-state index is -0.671. The van der Waals surface area contributed by atoms with E-state index in [2.05, 4.69) is 5.32 Å². The fourth-order valence-electron chi connectivity index (χ4n) is 1.31. The lowest BCUT2D eigenvalue weighted by molar-refractivity contribution is -0.393. The van der Waals surface area contributed by atoms with Crippen molar-refractivity contribution < 1.29 is 14.6 Å². The summed E-state index contributed by atoms with van der Waals surface area (Å²) >= 11 is 0. The van der Waals surface area contributed by atoms with E-state index in [1.807, 2.05) is 13.8 Å². The minimum absolute atomic E-state index is 0.223. The van der Waals surface area contributed by atoms with Crippen LogP contribution in [-0.4, -0.2) is 29.1 Å². The van der Waals surface area contributed by atoms with Crippen LogP contribution in [0.5, 0.6) is 0 Å². The van der Waals surface area contributed by atoms with Crippen molar-refractivity contribution in [1.29, 1.82) is 0 Å². The van der Waals surface area contributed by atoms with Gasteiger partial charge in [-0.05, 0) is 19.9 Å². The van der Waals surface area contributed by atoms with Crippen LogP contribution in [-0.2, 0) is 4.74 Å². The van der Waals surface area contributed by atoms with Crippen molar-refractivity contribution in [2.45, 2.75) is 19.4 Å². The van der Waals surface area contributed by atoms with Gasteiger partial charge in [0.05, 0.1) is 21.5 Å². The van der Waals surface area contributed by atoms with Crippen LogP contribution in [0.1, 0.15) is 13.8 Å². The number of ether oxygens (including phenoxy) is 1. The van der Waals surface area contributed by atoms with E-state index in [1.54, 1.807) is 0 Å². The summed E-state index contributed by atoms with van der Waals surface area (Å²) in [7, 11) is 1.53. The average Bonchev–Trinajstić information content (AvgIpc) is 2.36. The van der Waals surface area contributed by atoms with Crippen molar-refractivity contribution in [3.05, 3.63) is 38.4 Å². The Bertz CT molecular complexity index is 501. The Morgan fingerprint density at radius 3 is 2.37 bits per heavy atom. The van der Waals surface area contributed by atoms with Gasteiger partial charge in [-0.25, -0.2) is 0 Å². The number of benzene rings is 1. The molecule has 0 fully saturated rings. The second-order valence-corrected chi connectivity index (χ2v) is 4.53. The summed E-state index contributed by atoms with van der Waals surface area (Å²) in [6.45, 7) is 3.97. The van der Waals surface area contributed by atoms with Crippen molar-refractivity contribution in [3.8, 4) is 0 Å². The number of nitrogens with one attached hydrogen (secondary N) is 1. The van der Waals surface area contributed by atoms with Gasteiger partial charge in [0.1, 0.15) is 5.69 Å². The van der Waals surface area contributed by atoms with Crippen LogP contribution < -0.4 is 5.32 Å². The van der Waals surface area contributed by atoms with E-state index in [9.17, 15) is 20.2 Å². The van der Waals surface area contributed by atoms with Gasteiger partial charge in [-0.15, -0.1) is 0 Å². The third kappa shape index (κ3) is 3.88. The quantitative estimate of drug-likeness (QED) is 0.627. The van der Waals surface area contributed by atoms with E-state index < -0.39 is 15.4 Å². The van der Waals surface area contributed by atoms with Crippen LogP contribution in [0, 0.1) is 20.2 Å². The fourth-order valence-corrected chi connectivity index (χ4v) is 1.31. The Morgan fingerprint density at radius 2 is 1.89 bits per heavy atom. The zero-order valence-corrected chi connectivity index (χ0v) is 10.9. The topological polar surface area (TPSA) is 108 Å². The molecule has 19 heavy (non-hydrogen) atoms. The molecule has 1 N–H and O–H groups in total. The third-order valence-corrected chi connectivity index (χ3v) is 2.65. The van der Waals surface area contributed by atoms with Gasteiger partial charge in [-0.2, -0.15) is 0 Å². The number of non-ortho nitro benzene ring substituents is 1. The van der Waals surface area contributed by atoms with Crippen molar-refractivity contribution in [2.24, 2.45) is 0 Å². The van der Waals surface area contributed by atoms with Gasteiger partial charge in [-0.1, -0.05) is 0 Å². The number of anilines is 1. The highest BCUT2D eigenvalue weighted by Gasteiger charge is 2.22. The molecule has 8 heteroatoms. The van der Waals surface area contributed by atoms with Gasteiger partial charge in [0.25, 0.3) is 11.4 Å². The number of nitrogens with zero attached hydrogens (tertiary/aromatic N) is 2. The Kier molecular flexibility index (Phi) is 4.38. The summed E-state index contributed by atoms with van der Waals surface area (Å²) in [5.41, 5.74) is -0.930. The maximum Gasteiger partial charge on any atom is 0.299 e. The van der Waals surface area contributed by atoms with Gasteiger partial charge in [-0.3, -0.25) is 20.2 Å². The lowest BCUT2D eigenvalue weighted by Gasteiger charge is -2.23. The second-order valence-electron chi connectivity index (χ2n) is 4.53. The summed E-state index contributed by atoms with van der Waals surface area (Å²) in [5, 5.41) is 24.4. The summed E-state index contributed by atoms with van der Waals surface area (Å²) in [4.78, 5) is 20.2. The fraction of sp³-hybridized carbons (Fsp3) is 0.455. The molecule has 0 radical (unpaired) electrons. The van der Waals surface area contributed by atoms with Gasteiger partial charge >= 0.3 is 0 Å². The molecule has 0 bridgehead atoms. The molecule has 0 unspecified atom stereocenters. The lowest BCUT2D eigenvalue weighted by atomic mass is 10.1. The molecule has 1 aromatic carbocycles. The van der Waals surface area contributed by atoms with Crippen LogP contribution >= 0.6 is 0 Å². The molecule has 0 amide bonds. The first kappa shape index (κ1) is 14.8. The largest absolute Gasteiger partial charge is 0.377 e. The van der Waals surface area contributed by atoms with Crippen LogP contribution in [0.4, 0.5) is 17.1 Å². The maximum absolute atomic E-state index is 10.9. The van der Waals surface area contributed by atoms with Crippen LogP contribution in [0.15, 0.2) is 18.2 Å². The van der Waals surface area contributed by atoms with Crippen LogP contribution in [0.25, 0.3) is 0 Å². The van der Waals surface area contributed by atoms with E-state index in [-0.39, 0.29) is 17.1 Å². The summed E-state index contributed by atoms with van der Waals surface area (Å²) < 4.78 is 5.18. The normalized spacial score (nSPS) is 11.1. The standard InChI is InChI=1S/C11H15N3O5/c1-11(2,19-3)7-12-9-5-4-8(13(15)16)6-10(9)14(17)18/h4-6,12H,7H2,1-3H3. The smallest absolute Gasteiger partial charge is 0.299 e. The zero-order valence-electron chi connectivity index (χ0n) is 10.9.